The molecule has 0 bridgehead atoms. The summed E-state index contributed by atoms with van der Waals surface area (Å²) < 4.78 is 5.87. The van der Waals surface area contributed by atoms with Crippen molar-refractivity contribution in [3.8, 4) is 0 Å². The summed E-state index contributed by atoms with van der Waals surface area (Å²) in [5, 5.41) is 0. The Hall–Kier alpha value is -1.16. The third-order valence-corrected chi connectivity index (χ3v) is 4.01. The van der Waals surface area contributed by atoms with E-state index in [9.17, 15) is 0 Å². The highest BCUT2D eigenvalue weighted by Crippen LogP contribution is 2.38. The zero-order valence-electron chi connectivity index (χ0n) is 11.2. The van der Waals surface area contributed by atoms with Crippen LogP contribution in [0.25, 0.3) is 0 Å². The first-order valence-electron chi connectivity index (χ1n) is 6.92. The van der Waals surface area contributed by atoms with Crippen molar-refractivity contribution in [3.63, 3.8) is 0 Å². The lowest BCUT2D eigenvalue weighted by molar-refractivity contribution is -0.0443. The first kappa shape index (κ1) is 11.9. The van der Waals surface area contributed by atoms with E-state index < -0.39 is 0 Å². The lowest BCUT2D eigenvalue weighted by Crippen LogP contribution is -2.50. The standard InChI is InChI=1S/C14H21N3O/c1-3-14(2)10-17(8-9-18-14)12-6-7-15-13(16-12)11-4-5-11/h6-7,11H,3-5,8-10H2,1-2H3. The van der Waals surface area contributed by atoms with Gasteiger partial charge >= 0.3 is 0 Å². The molecular weight excluding hydrogens is 226 g/mol. The molecule has 1 saturated heterocycles. The molecule has 0 aromatic carbocycles. The maximum atomic E-state index is 5.87. The van der Waals surface area contributed by atoms with Gasteiger partial charge < -0.3 is 9.64 Å². The predicted octanol–water partition coefficient (Wildman–Crippen LogP) is 2.36. The highest BCUT2D eigenvalue weighted by atomic mass is 16.5. The van der Waals surface area contributed by atoms with Gasteiger partial charge in [0.2, 0.25) is 0 Å². The van der Waals surface area contributed by atoms with Crippen molar-refractivity contribution in [2.75, 3.05) is 24.6 Å². The summed E-state index contributed by atoms with van der Waals surface area (Å²) >= 11 is 0. The summed E-state index contributed by atoms with van der Waals surface area (Å²) in [5.41, 5.74) is -0.0387. The van der Waals surface area contributed by atoms with E-state index >= 15 is 0 Å². The molecule has 18 heavy (non-hydrogen) atoms. The van der Waals surface area contributed by atoms with Crippen LogP contribution in [0.5, 0.6) is 0 Å². The van der Waals surface area contributed by atoms with Gasteiger partial charge in [0.1, 0.15) is 11.6 Å². The second-order valence-electron chi connectivity index (χ2n) is 5.62. The van der Waals surface area contributed by atoms with Crippen molar-refractivity contribution < 1.29 is 4.74 Å². The Morgan fingerprint density at radius 1 is 1.50 bits per heavy atom. The minimum atomic E-state index is -0.0387. The van der Waals surface area contributed by atoms with Crippen LogP contribution in [-0.4, -0.2) is 35.3 Å². The molecule has 1 aliphatic carbocycles. The highest BCUT2D eigenvalue weighted by molar-refractivity contribution is 5.39. The van der Waals surface area contributed by atoms with Crippen LogP contribution in [0.2, 0.25) is 0 Å². The Morgan fingerprint density at radius 3 is 3.06 bits per heavy atom. The Kier molecular flexibility index (Phi) is 2.98. The molecule has 1 aromatic heterocycles. The number of hydrogen-bond donors (Lipinski definition) is 0. The van der Waals surface area contributed by atoms with Crippen molar-refractivity contribution in [2.24, 2.45) is 0 Å². The maximum absolute atomic E-state index is 5.87. The van der Waals surface area contributed by atoms with E-state index in [1.807, 2.05) is 12.3 Å². The third kappa shape index (κ3) is 2.34. The molecule has 98 valence electrons. The molecule has 1 aliphatic heterocycles. The average Bonchev–Trinajstić information content (AvgIpc) is 3.23. The van der Waals surface area contributed by atoms with E-state index in [0.29, 0.717) is 5.92 Å². The lowest BCUT2D eigenvalue weighted by atomic mass is 10.0. The van der Waals surface area contributed by atoms with Crippen molar-refractivity contribution in [3.05, 3.63) is 18.1 Å². The van der Waals surface area contributed by atoms with E-state index in [1.165, 1.54) is 12.8 Å². The molecule has 1 saturated carbocycles. The van der Waals surface area contributed by atoms with Crippen LogP contribution in [0, 0.1) is 0 Å². The number of rotatable bonds is 3. The van der Waals surface area contributed by atoms with Crippen LogP contribution in [0.3, 0.4) is 0 Å². The molecule has 3 rings (SSSR count). The van der Waals surface area contributed by atoms with Crippen LogP contribution >= 0.6 is 0 Å². The number of aromatic nitrogens is 2. The Bertz CT molecular complexity index is 433. The summed E-state index contributed by atoms with van der Waals surface area (Å²) in [6.45, 7) is 7.00. The molecular formula is C14H21N3O. The molecule has 2 aliphatic rings. The molecule has 0 amide bonds. The van der Waals surface area contributed by atoms with Gasteiger partial charge in [0.15, 0.2) is 0 Å². The van der Waals surface area contributed by atoms with E-state index in [2.05, 4.69) is 23.7 Å². The summed E-state index contributed by atoms with van der Waals surface area (Å²) in [6.07, 6.45) is 5.43. The second kappa shape index (κ2) is 4.50. The van der Waals surface area contributed by atoms with E-state index in [0.717, 1.165) is 37.8 Å². The van der Waals surface area contributed by atoms with Gasteiger partial charge in [0.05, 0.1) is 12.2 Å². The molecule has 2 fully saturated rings. The average molecular weight is 247 g/mol. The fraction of sp³-hybridized carbons (Fsp3) is 0.714. The van der Waals surface area contributed by atoms with Gasteiger partial charge in [-0.1, -0.05) is 6.92 Å². The summed E-state index contributed by atoms with van der Waals surface area (Å²) in [6, 6.07) is 2.02. The van der Waals surface area contributed by atoms with Crippen LogP contribution < -0.4 is 4.90 Å². The number of anilines is 1. The summed E-state index contributed by atoms with van der Waals surface area (Å²) in [5.74, 6) is 2.70. The molecule has 0 spiro atoms. The molecule has 2 heterocycles. The van der Waals surface area contributed by atoms with Gasteiger partial charge in [-0.2, -0.15) is 0 Å². The number of morpholine rings is 1. The Balaban J connectivity index is 1.79. The maximum Gasteiger partial charge on any atom is 0.133 e. The van der Waals surface area contributed by atoms with E-state index in [1.54, 1.807) is 0 Å². The first-order chi connectivity index (χ1) is 8.70. The lowest BCUT2D eigenvalue weighted by Gasteiger charge is -2.40. The topological polar surface area (TPSA) is 38.2 Å². The molecule has 4 heteroatoms. The SMILES string of the molecule is CCC1(C)CN(c2ccnc(C3CC3)n2)CCO1. The van der Waals surface area contributed by atoms with Crippen LogP contribution in [0.15, 0.2) is 12.3 Å². The number of ether oxygens (including phenoxy) is 1. The molecule has 0 N–H and O–H groups in total. The molecule has 1 unspecified atom stereocenters. The van der Waals surface area contributed by atoms with E-state index in [4.69, 9.17) is 9.72 Å². The number of nitrogens with zero attached hydrogens (tertiary/aromatic N) is 3. The first-order valence-corrected chi connectivity index (χ1v) is 6.92. The van der Waals surface area contributed by atoms with Gasteiger partial charge in [-0.15, -0.1) is 0 Å². The van der Waals surface area contributed by atoms with Crippen LogP contribution in [0.4, 0.5) is 5.82 Å². The highest BCUT2D eigenvalue weighted by Gasteiger charge is 2.32. The van der Waals surface area contributed by atoms with Crippen LogP contribution in [-0.2, 0) is 4.74 Å². The van der Waals surface area contributed by atoms with Crippen molar-refractivity contribution in [1.29, 1.82) is 0 Å². The third-order valence-electron chi connectivity index (χ3n) is 4.01. The monoisotopic (exact) mass is 247 g/mol. The molecule has 1 atom stereocenters. The van der Waals surface area contributed by atoms with Gasteiger partial charge in [-0.3, -0.25) is 0 Å². The van der Waals surface area contributed by atoms with Gasteiger partial charge in [-0.05, 0) is 32.3 Å². The fourth-order valence-corrected chi connectivity index (χ4v) is 2.42. The Morgan fingerprint density at radius 2 is 2.33 bits per heavy atom. The minimum Gasteiger partial charge on any atom is -0.372 e. The van der Waals surface area contributed by atoms with Crippen molar-refractivity contribution in [1.82, 2.24) is 9.97 Å². The van der Waals surface area contributed by atoms with Crippen LogP contribution in [0.1, 0.15) is 44.9 Å². The van der Waals surface area contributed by atoms with Crippen molar-refractivity contribution in [2.45, 2.75) is 44.6 Å². The predicted molar refractivity (Wildman–Crippen MR) is 70.9 cm³/mol. The Labute approximate surface area is 108 Å². The molecule has 0 radical (unpaired) electrons. The van der Waals surface area contributed by atoms with Gasteiger partial charge in [0, 0.05) is 25.2 Å². The minimum absolute atomic E-state index is 0.0387. The van der Waals surface area contributed by atoms with E-state index in [-0.39, 0.29) is 5.60 Å². The summed E-state index contributed by atoms with van der Waals surface area (Å²) in [7, 11) is 0. The zero-order chi connectivity index (χ0) is 12.6. The molecule has 4 nitrogen and oxygen atoms in total. The molecule has 1 aromatic rings. The fourth-order valence-electron chi connectivity index (χ4n) is 2.42. The number of hydrogen-bond acceptors (Lipinski definition) is 4. The quantitative estimate of drug-likeness (QED) is 0.822. The normalized spacial score (nSPS) is 28.4. The zero-order valence-corrected chi connectivity index (χ0v) is 11.2. The smallest absolute Gasteiger partial charge is 0.133 e. The summed E-state index contributed by atoms with van der Waals surface area (Å²) in [4.78, 5) is 11.4. The van der Waals surface area contributed by atoms with Gasteiger partial charge in [0.25, 0.3) is 0 Å². The van der Waals surface area contributed by atoms with Gasteiger partial charge in [-0.25, -0.2) is 9.97 Å². The largest absolute Gasteiger partial charge is 0.372 e. The second-order valence-corrected chi connectivity index (χ2v) is 5.62. The van der Waals surface area contributed by atoms with Crippen molar-refractivity contribution >= 4 is 5.82 Å².